The number of piperazine rings is 1. The molecule has 1 aliphatic heterocycles. The number of hydrogen-bond acceptors (Lipinski definition) is 6. The van der Waals surface area contributed by atoms with Gasteiger partial charge >= 0.3 is 5.97 Å². The zero-order valence-electron chi connectivity index (χ0n) is 21.2. The van der Waals surface area contributed by atoms with E-state index in [-0.39, 0.29) is 25.5 Å². The predicted molar refractivity (Wildman–Crippen MR) is 138 cm³/mol. The van der Waals surface area contributed by atoms with Crippen LogP contribution in [0.4, 0.5) is 0 Å². The number of amides is 3. The third-order valence-electron chi connectivity index (χ3n) is 5.87. The highest BCUT2D eigenvalue weighted by atomic mass is 35.5. The Morgan fingerprint density at radius 2 is 1.78 bits per heavy atom. The van der Waals surface area contributed by atoms with Crippen molar-refractivity contribution >= 4 is 35.3 Å². The van der Waals surface area contributed by atoms with Crippen molar-refractivity contribution in [1.29, 1.82) is 0 Å². The van der Waals surface area contributed by atoms with Crippen LogP contribution in [0.5, 0.6) is 5.75 Å². The quantitative estimate of drug-likeness (QED) is 0.457. The summed E-state index contributed by atoms with van der Waals surface area (Å²) in [6.45, 7) is 6.14. The summed E-state index contributed by atoms with van der Waals surface area (Å²) in [5.74, 6) is -1.03. The minimum Gasteiger partial charge on any atom is -0.478 e. The number of rotatable bonds is 10. The molecule has 1 saturated heterocycles. The second-order valence-electron chi connectivity index (χ2n) is 9.08. The molecule has 198 valence electrons. The van der Waals surface area contributed by atoms with Crippen LogP contribution in [0.25, 0.3) is 0 Å². The van der Waals surface area contributed by atoms with Crippen molar-refractivity contribution in [3.05, 3.63) is 64.7 Å². The van der Waals surface area contributed by atoms with E-state index < -0.39 is 29.4 Å². The molecule has 1 heterocycles. The minimum atomic E-state index is -1.28. The fraction of sp³-hybridized carbons (Fsp3) is 0.407. The zero-order chi connectivity index (χ0) is 27.0. The average Bonchev–Trinajstić information content (AvgIpc) is 2.86. The predicted octanol–water partition coefficient (Wildman–Crippen LogP) is 2.75. The molecule has 3 amide bonds. The Bertz CT molecular complexity index is 1120. The minimum absolute atomic E-state index is 0.176. The van der Waals surface area contributed by atoms with E-state index in [0.717, 1.165) is 5.56 Å². The number of carbonyl (C=O) groups is 4. The van der Waals surface area contributed by atoms with Gasteiger partial charge in [-0.1, -0.05) is 23.7 Å². The molecule has 0 radical (unpaired) electrons. The normalized spacial score (nSPS) is 15.5. The summed E-state index contributed by atoms with van der Waals surface area (Å²) in [6, 6.07) is 13.0. The van der Waals surface area contributed by atoms with Crippen molar-refractivity contribution < 1.29 is 28.7 Å². The number of nitrogens with one attached hydrogen (secondary N) is 2. The van der Waals surface area contributed by atoms with Crippen molar-refractivity contribution in [3.63, 3.8) is 0 Å². The molecule has 1 atom stereocenters. The molecule has 37 heavy (non-hydrogen) atoms. The molecule has 0 bridgehead atoms. The van der Waals surface area contributed by atoms with Gasteiger partial charge in [-0.25, -0.2) is 0 Å². The van der Waals surface area contributed by atoms with Gasteiger partial charge in [0.05, 0.1) is 13.0 Å². The highest BCUT2D eigenvalue weighted by Gasteiger charge is 2.42. The van der Waals surface area contributed by atoms with Crippen LogP contribution >= 0.6 is 11.6 Å². The molecule has 1 unspecified atom stereocenters. The molecular formula is C27H32ClN3O6. The maximum atomic E-state index is 13.3. The highest BCUT2D eigenvalue weighted by molar-refractivity contribution is 6.30. The molecule has 10 heteroatoms. The van der Waals surface area contributed by atoms with Gasteiger partial charge in [-0.05, 0) is 69.2 Å². The topological polar surface area (TPSA) is 114 Å². The van der Waals surface area contributed by atoms with Gasteiger partial charge in [-0.2, -0.15) is 0 Å². The van der Waals surface area contributed by atoms with Crippen molar-refractivity contribution in [1.82, 2.24) is 15.5 Å². The standard InChI is InChI=1S/C27H32ClN3O6/c1-4-36-23(32)17-22-25(34)30-15-16-31(22)26(35)27(2,3)37-21-11-5-18(6-12-21)13-14-29-24(33)19-7-9-20(28)10-8-19/h5-12,22H,4,13-17H2,1-3H3,(H,29,33)(H,30,34). The van der Waals surface area contributed by atoms with Gasteiger partial charge in [0.1, 0.15) is 11.8 Å². The molecule has 2 aromatic rings. The first-order chi connectivity index (χ1) is 17.6. The first-order valence-corrected chi connectivity index (χ1v) is 12.5. The van der Waals surface area contributed by atoms with E-state index in [1.807, 2.05) is 12.1 Å². The molecule has 2 aromatic carbocycles. The smallest absolute Gasteiger partial charge is 0.308 e. The number of hydrogen-bond donors (Lipinski definition) is 2. The Balaban J connectivity index is 1.56. The van der Waals surface area contributed by atoms with E-state index in [0.29, 0.717) is 35.8 Å². The van der Waals surface area contributed by atoms with Crippen LogP contribution < -0.4 is 15.4 Å². The van der Waals surface area contributed by atoms with E-state index in [4.69, 9.17) is 21.1 Å². The van der Waals surface area contributed by atoms with Gasteiger partial charge in [0.15, 0.2) is 5.60 Å². The van der Waals surface area contributed by atoms with Crippen LogP contribution in [-0.4, -0.2) is 66.5 Å². The highest BCUT2D eigenvalue weighted by Crippen LogP contribution is 2.23. The van der Waals surface area contributed by atoms with Crippen molar-refractivity contribution in [2.24, 2.45) is 0 Å². The lowest BCUT2D eigenvalue weighted by Crippen LogP contribution is -2.62. The molecule has 1 fully saturated rings. The SMILES string of the molecule is CCOC(=O)CC1C(=O)NCCN1C(=O)C(C)(C)Oc1ccc(CCNC(=O)c2ccc(Cl)cc2)cc1. The summed E-state index contributed by atoms with van der Waals surface area (Å²) in [5.41, 5.74) is 0.240. The molecule has 0 spiro atoms. The van der Waals surface area contributed by atoms with Crippen LogP contribution in [0.2, 0.25) is 5.02 Å². The lowest BCUT2D eigenvalue weighted by atomic mass is 10.0. The Morgan fingerprint density at radius 3 is 2.43 bits per heavy atom. The Kier molecular flexibility index (Phi) is 9.52. The van der Waals surface area contributed by atoms with Crippen LogP contribution in [-0.2, 0) is 25.5 Å². The molecule has 2 N–H and O–H groups in total. The van der Waals surface area contributed by atoms with Gasteiger partial charge in [0.2, 0.25) is 5.91 Å². The third kappa shape index (κ3) is 7.69. The number of halogens is 1. The van der Waals surface area contributed by atoms with E-state index in [2.05, 4.69) is 10.6 Å². The number of ether oxygens (including phenoxy) is 2. The van der Waals surface area contributed by atoms with Crippen molar-refractivity contribution in [2.45, 2.75) is 45.3 Å². The van der Waals surface area contributed by atoms with Crippen molar-refractivity contribution in [3.8, 4) is 5.75 Å². The van der Waals surface area contributed by atoms with Gasteiger partial charge < -0.3 is 25.0 Å². The van der Waals surface area contributed by atoms with Crippen LogP contribution in [0.1, 0.15) is 43.1 Å². The lowest BCUT2D eigenvalue weighted by molar-refractivity contribution is -0.157. The maximum Gasteiger partial charge on any atom is 0.308 e. The van der Waals surface area contributed by atoms with Crippen molar-refractivity contribution in [2.75, 3.05) is 26.2 Å². The van der Waals surface area contributed by atoms with Crippen LogP contribution in [0, 0.1) is 0 Å². The fourth-order valence-electron chi connectivity index (χ4n) is 3.97. The molecule has 9 nitrogen and oxygen atoms in total. The average molecular weight is 530 g/mol. The first kappa shape index (κ1) is 28.0. The largest absolute Gasteiger partial charge is 0.478 e. The number of nitrogens with zero attached hydrogens (tertiary/aromatic N) is 1. The number of esters is 1. The number of carbonyl (C=O) groups excluding carboxylic acids is 4. The maximum absolute atomic E-state index is 13.3. The van der Waals surface area contributed by atoms with E-state index in [9.17, 15) is 19.2 Å². The summed E-state index contributed by atoms with van der Waals surface area (Å²) >= 11 is 5.86. The molecule has 1 aliphatic rings. The molecular weight excluding hydrogens is 498 g/mol. The Morgan fingerprint density at radius 1 is 1.11 bits per heavy atom. The van der Waals surface area contributed by atoms with E-state index >= 15 is 0 Å². The third-order valence-corrected chi connectivity index (χ3v) is 6.13. The van der Waals surface area contributed by atoms with Gasteiger partial charge in [0, 0.05) is 30.2 Å². The fourth-order valence-corrected chi connectivity index (χ4v) is 4.10. The Hall–Kier alpha value is -3.59. The van der Waals surface area contributed by atoms with Gasteiger partial charge in [0.25, 0.3) is 11.8 Å². The lowest BCUT2D eigenvalue weighted by Gasteiger charge is -2.39. The number of benzene rings is 2. The summed E-state index contributed by atoms with van der Waals surface area (Å²) < 4.78 is 11.0. The summed E-state index contributed by atoms with van der Waals surface area (Å²) in [7, 11) is 0. The van der Waals surface area contributed by atoms with E-state index in [1.165, 1.54) is 4.90 Å². The molecule has 0 saturated carbocycles. The molecule has 0 aliphatic carbocycles. The molecule has 0 aromatic heterocycles. The van der Waals surface area contributed by atoms with Gasteiger partial charge in [-0.3, -0.25) is 19.2 Å². The van der Waals surface area contributed by atoms with Gasteiger partial charge in [-0.15, -0.1) is 0 Å². The second-order valence-corrected chi connectivity index (χ2v) is 9.52. The van der Waals surface area contributed by atoms with E-state index in [1.54, 1.807) is 57.2 Å². The summed E-state index contributed by atoms with van der Waals surface area (Å²) in [4.78, 5) is 51.4. The summed E-state index contributed by atoms with van der Waals surface area (Å²) in [6.07, 6.45) is 0.394. The molecule has 3 rings (SSSR count). The van der Waals surface area contributed by atoms with Crippen LogP contribution in [0.3, 0.4) is 0 Å². The summed E-state index contributed by atoms with van der Waals surface area (Å²) in [5, 5.41) is 6.14. The Labute approximate surface area is 221 Å². The monoisotopic (exact) mass is 529 g/mol. The van der Waals surface area contributed by atoms with Crippen LogP contribution in [0.15, 0.2) is 48.5 Å². The first-order valence-electron chi connectivity index (χ1n) is 12.2. The second kappa shape index (κ2) is 12.6. The zero-order valence-corrected chi connectivity index (χ0v) is 22.0.